The standard InChI is InChI=1S/C13H16ClN3O2S/c1-10-15-9-13(16-10)20(18,19)17-12-6-2-4-11(8-12)5-3-7-14/h2,4,6,8-9,17H,3,5,7H2,1H3,(H,15,16). The van der Waals surface area contributed by atoms with Crippen LogP contribution in [0, 0.1) is 6.92 Å². The molecule has 1 heterocycles. The highest BCUT2D eigenvalue weighted by molar-refractivity contribution is 7.92. The Bertz CT molecular complexity index is 682. The predicted molar refractivity (Wildman–Crippen MR) is 79.6 cm³/mol. The number of aromatic amines is 1. The summed E-state index contributed by atoms with van der Waals surface area (Å²) in [5.74, 6) is 1.14. The average molecular weight is 314 g/mol. The fourth-order valence-electron chi connectivity index (χ4n) is 1.81. The van der Waals surface area contributed by atoms with Crippen molar-refractivity contribution in [3.63, 3.8) is 0 Å². The van der Waals surface area contributed by atoms with Gasteiger partial charge < -0.3 is 4.98 Å². The molecule has 0 fully saturated rings. The van der Waals surface area contributed by atoms with Crippen LogP contribution in [0.2, 0.25) is 0 Å². The summed E-state index contributed by atoms with van der Waals surface area (Å²) in [6, 6.07) is 7.29. The summed E-state index contributed by atoms with van der Waals surface area (Å²) >= 11 is 5.66. The number of aromatic nitrogens is 2. The summed E-state index contributed by atoms with van der Waals surface area (Å²) in [6.07, 6.45) is 2.98. The van der Waals surface area contributed by atoms with Crippen molar-refractivity contribution < 1.29 is 8.42 Å². The van der Waals surface area contributed by atoms with Crippen molar-refractivity contribution in [3.05, 3.63) is 41.9 Å². The van der Waals surface area contributed by atoms with Crippen LogP contribution in [0.1, 0.15) is 17.8 Å². The molecule has 2 rings (SSSR count). The van der Waals surface area contributed by atoms with E-state index in [1.165, 1.54) is 6.20 Å². The molecule has 108 valence electrons. The minimum atomic E-state index is -3.62. The number of nitrogens with one attached hydrogen (secondary N) is 2. The van der Waals surface area contributed by atoms with Crippen LogP contribution in [0.4, 0.5) is 5.69 Å². The fourth-order valence-corrected chi connectivity index (χ4v) is 2.96. The summed E-state index contributed by atoms with van der Waals surface area (Å²) in [7, 11) is -3.62. The van der Waals surface area contributed by atoms with Crippen LogP contribution in [-0.2, 0) is 16.4 Å². The Labute approximate surface area is 123 Å². The molecule has 20 heavy (non-hydrogen) atoms. The molecule has 0 radical (unpaired) electrons. The second-order valence-electron chi connectivity index (χ2n) is 4.43. The Morgan fingerprint density at radius 1 is 1.40 bits per heavy atom. The molecule has 0 aliphatic carbocycles. The van der Waals surface area contributed by atoms with Gasteiger partial charge in [0, 0.05) is 11.6 Å². The van der Waals surface area contributed by atoms with E-state index >= 15 is 0 Å². The molecular formula is C13H16ClN3O2S. The first-order valence-corrected chi connectivity index (χ1v) is 8.22. The van der Waals surface area contributed by atoms with Crippen molar-refractivity contribution in [2.45, 2.75) is 24.8 Å². The summed E-state index contributed by atoms with van der Waals surface area (Å²) < 4.78 is 26.8. The molecule has 0 aliphatic rings. The topological polar surface area (TPSA) is 74.8 Å². The number of H-pyrrole nitrogens is 1. The molecule has 0 saturated carbocycles. The monoisotopic (exact) mass is 313 g/mol. The predicted octanol–water partition coefficient (Wildman–Crippen LogP) is 2.69. The molecule has 0 aliphatic heterocycles. The van der Waals surface area contributed by atoms with Gasteiger partial charge in [0.1, 0.15) is 5.82 Å². The Balaban J connectivity index is 2.17. The minimum absolute atomic E-state index is 0.0566. The number of hydrogen-bond acceptors (Lipinski definition) is 3. The SMILES string of the molecule is Cc1ncc(S(=O)(=O)Nc2cccc(CCCCl)c2)[nH]1. The smallest absolute Gasteiger partial charge is 0.278 e. The molecule has 0 amide bonds. The van der Waals surface area contributed by atoms with Gasteiger partial charge in [-0.1, -0.05) is 12.1 Å². The van der Waals surface area contributed by atoms with Crippen molar-refractivity contribution in [1.29, 1.82) is 0 Å². The number of hydrogen-bond donors (Lipinski definition) is 2. The van der Waals surface area contributed by atoms with Gasteiger partial charge in [-0.15, -0.1) is 11.6 Å². The van der Waals surface area contributed by atoms with Crippen molar-refractivity contribution in [1.82, 2.24) is 9.97 Å². The van der Waals surface area contributed by atoms with Crippen LogP contribution in [0.15, 0.2) is 35.5 Å². The lowest BCUT2D eigenvalue weighted by Gasteiger charge is -2.08. The van der Waals surface area contributed by atoms with Crippen LogP contribution in [0.5, 0.6) is 0 Å². The van der Waals surface area contributed by atoms with E-state index in [1.807, 2.05) is 18.2 Å². The molecule has 5 nitrogen and oxygen atoms in total. The van der Waals surface area contributed by atoms with E-state index in [4.69, 9.17) is 11.6 Å². The molecule has 0 bridgehead atoms. The van der Waals surface area contributed by atoms with E-state index in [0.717, 1.165) is 18.4 Å². The highest BCUT2D eigenvalue weighted by Gasteiger charge is 2.16. The van der Waals surface area contributed by atoms with Crippen molar-refractivity contribution >= 4 is 27.3 Å². The number of nitrogens with zero attached hydrogens (tertiary/aromatic N) is 1. The lowest BCUT2D eigenvalue weighted by Crippen LogP contribution is -2.13. The van der Waals surface area contributed by atoms with Crippen molar-refractivity contribution in [3.8, 4) is 0 Å². The molecular weight excluding hydrogens is 298 g/mol. The Hall–Kier alpha value is -1.53. The van der Waals surface area contributed by atoms with Gasteiger partial charge in [0.15, 0.2) is 5.03 Å². The van der Waals surface area contributed by atoms with Gasteiger partial charge in [0.25, 0.3) is 10.0 Å². The van der Waals surface area contributed by atoms with E-state index in [2.05, 4.69) is 14.7 Å². The molecule has 2 aromatic rings. The highest BCUT2D eigenvalue weighted by atomic mass is 35.5. The van der Waals surface area contributed by atoms with Crippen molar-refractivity contribution in [2.24, 2.45) is 0 Å². The molecule has 0 atom stereocenters. The summed E-state index contributed by atoms with van der Waals surface area (Å²) in [4.78, 5) is 6.60. The van der Waals surface area contributed by atoms with Crippen LogP contribution in [-0.4, -0.2) is 24.3 Å². The highest BCUT2D eigenvalue weighted by Crippen LogP contribution is 2.17. The normalized spacial score (nSPS) is 11.5. The first-order chi connectivity index (χ1) is 9.51. The first-order valence-electron chi connectivity index (χ1n) is 6.20. The van der Waals surface area contributed by atoms with E-state index in [0.29, 0.717) is 17.4 Å². The van der Waals surface area contributed by atoms with Gasteiger partial charge in [-0.3, -0.25) is 4.72 Å². The largest absolute Gasteiger partial charge is 0.332 e. The minimum Gasteiger partial charge on any atom is -0.332 e. The van der Waals surface area contributed by atoms with Gasteiger partial charge in [0.2, 0.25) is 0 Å². The molecule has 7 heteroatoms. The quantitative estimate of drug-likeness (QED) is 0.805. The molecule has 1 aromatic carbocycles. The van der Waals surface area contributed by atoms with Crippen molar-refractivity contribution in [2.75, 3.05) is 10.6 Å². The van der Waals surface area contributed by atoms with Gasteiger partial charge in [-0.2, -0.15) is 8.42 Å². The lowest BCUT2D eigenvalue weighted by molar-refractivity contribution is 0.598. The third-order valence-corrected chi connectivity index (χ3v) is 4.31. The Kier molecular flexibility index (Phi) is 4.67. The van der Waals surface area contributed by atoms with Crippen LogP contribution >= 0.6 is 11.6 Å². The van der Waals surface area contributed by atoms with E-state index < -0.39 is 10.0 Å². The summed E-state index contributed by atoms with van der Waals surface area (Å²) in [5, 5.41) is 0.0566. The molecule has 1 aromatic heterocycles. The molecule has 2 N–H and O–H groups in total. The van der Waals surface area contributed by atoms with Gasteiger partial charge in [-0.25, -0.2) is 4.98 Å². The number of alkyl halides is 1. The Morgan fingerprint density at radius 3 is 2.85 bits per heavy atom. The van der Waals surface area contributed by atoms with E-state index in [9.17, 15) is 8.42 Å². The van der Waals surface area contributed by atoms with E-state index in [-0.39, 0.29) is 5.03 Å². The van der Waals surface area contributed by atoms with Gasteiger partial charge in [-0.05, 0) is 37.5 Å². The molecule has 0 spiro atoms. The van der Waals surface area contributed by atoms with E-state index in [1.54, 1.807) is 13.0 Å². The number of rotatable bonds is 6. The third kappa shape index (κ3) is 3.74. The number of halogens is 1. The number of imidazole rings is 1. The summed E-state index contributed by atoms with van der Waals surface area (Å²) in [5.41, 5.74) is 1.58. The third-order valence-electron chi connectivity index (χ3n) is 2.75. The molecule has 0 saturated heterocycles. The number of anilines is 1. The second-order valence-corrected chi connectivity index (χ2v) is 6.46. The zero-order chi connectivity index (χ0) is 14.6. The van der Waals surface area contributed by atoms with Crippen LogP contribution < -0.4 is 4.72 Å². The zero-order valence-corrected chi connectivity index (χ0v) is 12.6. The fraction of sp³-hybridized carbons (Fsp3) is 0.308. The maximum Gasteiger partial charge on any atom is 0.278 e. The Morgan fingerprint density at radius 2 is 2.20 bits per heavy atom. The van der Waals surface area contributed by atoms with Crippen LogP contribution in [0.3, 0.4) is 0 Å². The number of sulfonamides is 1. The number of benzene rings is 1. The first kappa shape index (κ1) is 14.9. The second kappa shape index (κ2) is 6.28. The zero-order valence-electron chi connectivity index (χ0n) is 11.1. The average Bonchev–Trinajstić information content (AvgIpc) is 2.84. The molecule has 0 unspecified atom stereocenters. The van der Waals surface area contributed by atoms with Gasteiger partial charge in [0.05, 0.1) is 6.20 Å². The number of aryl methyl sites for hydroxylation is 2. The summed E-state index contributed by atoms with van der Waals surface area (Å²) in [6.45, 7) is 1.70. The lowest BCUT2D eigenvalue weighted by atomic mass is 10.1. The van der Waals surface area contributed by atoms with Crippen LogP contribution in [0.25, 0.3) is 0 Å². The van der Waals surface area contributed by atoms with Gasteiger partial charge >= 0.3 is 0 Å². The maximum atomic E-state index is 12.1. The maximum absolute atomic E-state index is 12.1.